The molecule has 9 heteroatoms. The van der Waals surface area contributed by atoms with E-state index in [0.29, 0.717) is 22.2 Å². The Balaban J connectivity index is 2.14. The Labute approximate surface area is 173 Å². The zero-order valence-electron chi connectivity index (χ0n) is 15.9. The third kappa shape index (κ3) is 3.41. The van der Waals surface area contributed by atoms with Gasteiger partial charge in [-0.1, -0.05) is 18.0 Å². The molecule has 1 N–H and O–H groups in total. The van der Waals surface area contributed by atoms with Crippen molar-refractivity contribution < 1.29 is 13.2 Å². The summed E-state index contributed by atoms with van der Waals surface area (Å²) in [5, 5.41) is 0.388. The molecule has 30 heavy (non-hydrogen) atoms. The number of benzene rings is 2. The third-order valence-corrected chi connectivity index (χ3v) is 4.94. The lowest BCUT2D eigenvalue weighted by Gasteiger charge is -2.15. The fraction of sp³-hybridized carbons (Fsp3) is 0.0952. The molecule has 0 amide bonds. The largest absolute Gasteiger partial charge is 0.298 e. The number of nitrogens with zero attached hydrogens (tertiary/aromatic N) is 3. The standard InChI is InChI=1S/C21H15F3N4OS/c1-11-10-12(22)6-7-13(11)18-14-8-9-17(29)28(19-15(23)4-3-5-16(19)24)20(14)26-21(25-18)27-30-2/h3-10H,1-2H3,(H,25,26,27). The average Bonchev–Trinajstić information content (AvgIpc) is 2.69. The van der Waals surface area contributed by atoms with E-state index in [-0.39, 0.29) is 11.6 Å². The molecule has 0 atom stereocenters. The minimum Gasteiger partial charge on any atom is -0.298 e. The maximum atomic E-state index is 14.5. The van der Waals surface area contributed by atoms with Crippen LogP contribution in [0.4, 0.5) is 19.1 Å². The van der Waals surface area contributed by atoms with Crippen molar-refractivity contribution in [2.24, 2.45) is 0 Å². The molecule has 4 rings (SSSR count). The zero-order chi connectivity index (χ0) is 21.4. The first-order valence-corrected chi connectivity index (χ1v) is 10.1. The SMILES string of the molecule is CSNc1nc(-c2ccc(F)cc2C)c2ccc(=O)n(-c3c(F)cccc3F)c2n1. The van der Waals surface area contributed by atoms with Gasteiger partial charge in [-0.15, -0.1) is 0 Å². The number of rotatable bonds is 4. The van der Waals surface area contributed by atoms with E-state index < -0.39 is 28.7 Å². The second kappa shape index (κ2) is 7.83. The van der Waals surface area contributed by atoms with Crippen LogP contribution in [-0.2, 0) is 0 Å². The molecule has 0 fully saturated rings. The van der Waals surface area contributed by atoms with Crippen LogP contribution in [0.25, 0.3) is 28.0 Å². The van der Waals surface area contributed by atoms with Gasteiger partial charge >= 0.3 is 0 Å². The van der Waals surface area contributed by atoms with E-state index in [1.807, 2.05) is 0 Å². The van der Waals surface area contributed by atoms with Gasteiger partial charge in [-0.05, 0) is 48.9 Å². The maximum absolute atomic E-state index is 14.5. The van der Waals surface area contributed by atoms with Crippen LogP contribution in [0.15, 0.2) is 53.3 Å². The van der Waals surface area contributed by atoms with Crippen LogP contribution in [0.1, 0.15) is 5.56 Å². The Morgan fingerprint density at radius 3 is 2.40 bits per heavy atom. The van der Waals surface area contributed by atoms with Crippen molar-refractivity contribution >= 4 is 28.9 Å². The molecule has 0 spiro atoms. The van der Waals surface area contributed by atoms with E-state index in [1.165, 1.54) is 42.3 Å². The molecular weight excluding hydrogens is 413 g/mol. The number of hydrogen-bond donors (Lipinski definition) is 1. The number of anilines is 1. The van der Waals surface area contributed by atoms with Gasteiger partial charge in [-0.25, -0.2) is 18.2 Å². The van der Waals surface area contributed by atoms with Crippen LogP contribution in [0.2, 0.25) is 0 Å². The minimum atomic E-state index is -0.901. The van der Waals surface area contributed by atoms with Gasteiger partial charge in [0, 0.05) is 23.3 Å². The van der Waals surface area contributed by atoms with E-state index in [1.54, 1.807) is 19.2 Å². The predicted octanol–water partition coefficient (Wildman–Crippen LogP) is 4.86. The topological polar surface area (TPSA) is 59.8 Å². The Morgan fingerprint density at radius 1 is 1.00 bits per heavy atom. The van der Waals surface area contributed by atoms with E-state index in [9.17, 15) is 18.0 Å². The number of para-hydroxylation sites is 1. The first kappa shape index (κ1) is 20.0. The summed E-state index contributed by atoms with van der Waals surface area (Å²) in [6, 6.07) is 10.3. The van der Waals surface area contributed by atoms with Gasteiger partial charge in [0.05, 0.1) is 5.69 Å². The fourth-order valence-electron chi connectivity index (χ4n) is 3.27. The first-order chi connectivity index (χ1) is 14.4. The summed E-state index contributed by atoms with van der Waals surface area (Å²) in [4.78, 5) is 21.5. The molecule has 2 aromatic carbocycles. The number of aryl methyl sites for hydroxylation is 1. The highest BCUT2D eigenvalue weighted by Crippen LogP contribution is 2.31. The number of fused-ring (bicyclic) bond motifs is 1. The van der Waals surface area contributed by atoms with Crippen molar-refractivity contribution in [3.8, 4) is 16.9 Å². The second-order valence-corrected chi connectivity index (χ2v) is 7.09. The Morgan fingerprint density at radius 2 is 1.73 bits per heavy atom. The van der Waals surface area contributed by atoms with E-state index >= 15 is 0 Å². The van der Waals surface area contributed by atoms with Gasteiger partial charge < -0.3 is 0 Å². The van der Waals surface area contributed by atoms with Crippen molar-refractivity contribution in [3.05, 3.63) is 81.9 Å². The lowest BCUT2D eigenvalue weighted by Crippen LogP contribution is -2.21. The average molecular weight is 428 g/mol. The van der Waals surface area contributed by atoms with Crippen molar-refractivity contribution in [2.45, 2.75) is 6.92 Å². The molecule has 0 unspecified atom stereocenters. The van der Waals surface area contributed by atoms with Gasteiger partial charge in [0.2, 0.25) is 5.95 Å². The summed E-state index contributed by atoms with van der Waals surface area (Å²) in [5.41, 5.74) is 0.467. The van der Waals surface area contributed by atoms with Crippen LogP contribution < -0.4 is 10.3 Å². The number of pyridine rings is 1. The molecular formula is C21H15F3N4OS. The number of aromatic nitrogens is 3. The van der Waals surface area contributed by atoms with Gasteiger partial charge in [-0.3, -0.25) is 14.1 Å². The quantitative estimate of drug-likeness (QED) is 0.470. The van der Waals surface area contributed by atoms with Crippen molar-refractivity contribution in [2.75, 3.05) is 11.0 Å². The lowest BCUT2D eigenvalue weighted by atomic mass is 10.0. The summed E-state index contributed by atoms with van der Waals surface area (Å²) < 4.78 is 46.4. The number of hydrogen-bond acceptors (Lipinski definition) is 5. The molecule has 0 saturated carbocycles. The normalized spacial score (nSPS) is 11.1. The molecule has 2 aromatic heterocycles. The van der Waals surface area contributed by atoms with Crippen LogP contribution in [0.5, 0.6) is 0 Å². The molecule has 0 radical (unpaired) electrons. The molecule has 5 nitrogen and oxygen atoms in total. The Hall–Kier alpha value is -3.33. The molecule has 0 aliphatic carbocycles. The van der Waals surface area contributed by atoms with Gasteiger partial charge in [0.1, 0.15) is 23.1 Å². The summed E-state index contributed by atoms with van der Waals surface area (Å²) in [7, 11) is 0. The highest BCUT2D eigenvalue weighted by atomic mass is 32.2. The van der Waals surface area contributed by atoms with Crippen LogP contribution >= 0.6 is 11.9 Å². The van der Waals surface area contributed by atoms with Crippen molar-refractivity contribution in [1.82, 2.24) is 14.5 Å². The minimum absolute atomic E-state index is 0.0248. The molecule has 152 valence electrons. The van der Waals surface area contributed by atoms with Gasteiger partial charge in [-0.2, -0.15) is 4.98 Å². The number of halogens is 3. The lowest BCUT2D eigenvalue weighted by molar-refractivity contribution is 0.568. The Kier molecular flexibility index (Phi) is 5.21. The third-order valence-electron chi connectivity index (χ3n) is 4.55. The Bertz CT molecular complexity index is 1320. The van der Waals surface area contributed by atoms with Crippen LogP contribution in [-0.4, -0.2) is 20.8 Å². The summed E-state index contributed by atoms with van der Waals surface area (Å²) in [5.74, 6) is -2.06. The second-order valence-electron chi connectivity index (χ2n) is 6.48. The molecule has 2 heterocycles. The fourth-order valence-corrected chi connectivity index (χ4v) is 3.54. The molecule has 4 aromatic rings. The van der Waals surface area contributed by atoms with E-state index in [0.717, 1.165) is 16.7 Å². The van der Waals surface area contributed by atoms with Crippen molar-refractivity contribution in [3.63, 3.8) is 0 Å². The molecule has 0 aliphatic rings. The zero-order valence-corrected chi connectivity index (χ0v) is 16.7. The summed E-state index contributed by atoms with van der Waals surface area (Å²) in [6.45, 7) is 1.72. The summed E-state index contributed by atoms with van der Waals surface area (Å²) >= 11 is 1.22. The van der Waals surface area contributed by atoms with E-state index in [2.05, 4.69) is 14.7 Å². The van der Waals surface area contributed by atoms with Crippen LogP contribution in [0.3, 0.4) is 0 Å². The van der Waals surface area contributed by atoms with Gasteiger partial charge in [0.25, 0.3) is 5.56 Å². The predicted molar refractivity (Wildman–Crippen MR) is 112 cm³/mol. The first-order valence-electron chi connectivity index (χ1n) is 8.84. The smallest absolute Gasteiger partial charge is 0.256 e. The highest BCUT2D eigenvalue weighted by molar-refractivity contribution is 7.99. The molecule has 0 saturated heterocycles. The molecule has 0 aliphatic heterocycles. The monoisotopic (exact) mass is 428 g/mol. The van der Waals surface area contributed by atoms with Crippen LogP contribution in [0, 0.1) is 24.4 Å². The molecule has 0 bridgehead atoms. The summed E-state index contributed by atoms with van der Waals surface area (Å²) in [6.07, 6.45) is 1.75. The maximum Gasteiger partial charge on any atom is 0.256 e. The van der Waals surface area contributed by atoms with Crippen molar-refractivity contribution in [1.29, 1.82) is 0 Å². The van der Waals surface area contributed by atoms with Gasteiger partial charge in [0.15, 0.2) is 5.65 Å². The number of nitrogens with one attached hydrogen (secondary N) is 1. The highest BCUT2D eigenvalue weighted by Gasteiger charge is 2.20. The van der Waals surface area contributed by atoms with E-state index in [4.69, 9.17) is 0 Å².